The molecular weight excluding hydrogens is 366 g/mol. The van der Waals surface area contributed by atoms with Gasteiger partial charge in [0, 0.05) is 46.1 Å². The zero-order chi connectivity index (χ0) is 19.2. The molecule has 0 aliphatic carbocycles. The summed E-state index contributed by atoms with van der Waals surface area (Å²) in [6, 6.07) is 8.20. The van der Waals surface area contributed by atoms with Gasteiger partial charge < -0.3 is 5.32 Å². The molecule has 1 aliphatic rings. The van der Waals surface area contributed by atoms with Crippen LogP contribution >= 0.6 is 0 Å². The minimum absolute atomic E-state index is 0.185. The molecule has 1 aromatic carbocycles. The van der Waals surface area contributed by atoms with Crippen molar-refractivity contribution in [3.8, 4) is 0 Å². The van der Waals surface area contributed by atoms with Crippen LogP contribution in [0, 0.1) is 0 Å². The molecule has 27 heavy (non-hydrogen) atoms. The van der Waals surface area contributed by atoms with E-state index in [1.807, 2.05) is 6.07 Å². The van der Waals surface area contributed by atoms with Crippen LogP contribution in [0.25, 0.3) is 11.0 Å². The Balaban J connectivity index is 1.81. The predicted octanol–water partition coefficient (Wildman–Crippen LogP) is 0.607. The molecule has 9 heteroatoms. The van der Waals surface area contributed by atoms with Crippen LogP contribution in [0.3, 0.4) is 0 Å². The molecule has 1 unspecified atom stereocenters. The summed E-state index contributed by atoms with van der Waals surface area (Å²) in [6.07, 6.45) is 3.37. The van der Waals surface area contributed by atoms with Gasteiger partial charge in [0.2, 0.25) is 10.0 Å². The summed E-state index contributed by atoms with van der Waals surface area (Å²) >= 11 is 0. The Morgan fingerprint density at radius 1 is 1.15 bits per heavy atom. The monoisotopic (exact) mass is 387 g/mol. The number of imidazole rings is 1. The maximum atomic E-state index is 13.4. The standard InChI is InChI=1S/C18H21N5O3S/c1-21-15-6-5-14(10-16(15)22(2)18(21)24)27(25,26)23-9-8-20-12-17(23)13-4-3-7-19-11-13/h3-7,10-11,17,20H,8-9,12H2,1-2H3. The van der Waals surface area contributed by atoms with E-state index in [4.69, 9.17) is 0 Å². The molecule has 1 atom stereocenters. The molecule has 3 heterocycles. The number of nitrogens with zero attached hydrogens (tertiary/aromatic N) is 4. The molecule has 0 bridgehead atoms. The molecule has 0 saturated carbocycles. The van der Waals surface area contributed by atoms with E-state index < -0.39 is 10.0 Å². The van der Waals surface area contributed by atoms with Gasteiger partial charge in [-0.2, -0.15) is 4.31 Å². The lowest BCUT2D eigenvalue weighted by Crippen LogP contribution is -2.48. The zero-order valence-electron chi connectivity index (χ0n) is 15.2. The summed E-state index contributed by atoms with van der Waals surface area (Å²) in [6.45, 7) is 1.48. The van der Waals surface area contributed by atoms with Gasteiger partial charge in [0.05, 0.1) is 22.0 Å². The Morgan fingerprint density at radius 3 is 2.67 bits per heavy atom. The molecule has 2 aromatic heterocycles. The van der Waals surface area contributed by atoms with Crippen LogP contribution in [0.15, 0.2) is 52.4 Å². The smallest absolute Gasteiger partial charge is 0.313 e. The van der Waals surface area contributed by atoms with Crippen molar-refractivity contribution in [2.75, 3.05) is 19.6 Å². The molecular formula is C18H21N5O3S. The molecule has 0 spiro atoms. The van der Waals surface area contributed by atoms with Gasteiger partial charge in [-0.15, -0.1) is 0 Å². The highest BCUT2D eigenvalue weighted by molar-refractivity contribution is 7.89. The van der Waals surface area contributed by atoms with Crippen LogP contribution in [0.1, 0.15) is 11.6 Å². The summed E-state index contributed by atoms with van der Waals surface area (Å²) in [5.74, 6) is 0. The quantitative estimate of drug-likeness (QED) is 0.711. The minimum atomic E-state index is -3.73. The summed E-state index contributed by atoms with van der Waals surface area (Å²) in [5.41, 5.74) is 1.96. The highest BCUT2D eigenvalue weighted by atomic mass is 32.2. The molecule has 3 aromatic rings. The van der Waals surface area contributed by atoms with Crippen LogP contribution in [0.5, 0.6) is 0 Å². The Bertz CT molecular complexity index is 1150. The van der Waals surface area contributed by atoms with Crippen molar-refractivity contribution in [2.45, 2.75) is 10.9 Å². The molecule has 0 amide bonds. The molecule has 4 rings (SSSR count). The number of fused-ring (bicyclic) bond motifs is 1. The Labute approximate surface area is 157 Å². The largest absolute Gasteiger partial charge is 0.328 e. The molecule has 1 aliphatic heterocycles. The Morgan fingerprint density at radius 2 is 1.93 bits per heavy atom. The third kappa shape index (κ3) is 2.88. The van der Waals surface area contributed by atoms with E-state index >= 15 is 0 Å². The van der Waals surface area contributed by atoms with Crippen molar-refractivity contribution in [3.63, 3.8) is 0 Å². The van der Waals surface area contributed by atoms with E-state index in [2.05, 4.69) is 10.3 Å². The number of sulfonamides is 1. The number of rotatable bonds is 3. The fourth-order valence-corrected chi connectivity index (χ4v) is 5.25. The summed E-state index contributed by atoms with van der Waals surface area (Å²) in [7, 11) is -0.413. The molecule has 0 radical (unpaired) electrons. The van der Waals surface area contributed by atoms with Gasteiger partial charge in [0.15, 0.2) is 0 Å². The first-order valence-corrected chi connectivity index (χ1v) is 10.1. The van der Waals surface area contributed by atoms with Crippen molar-refractivity contribution in [2.24, 2.45) is 14.1 Å². The van der Waals surface area contributed by atoms with Crippen molar-refractivity contribution in [1.82, 2.24) is 23.7 Å². The second kappa shape index (κ2) is 6.59. The fraction of sp³-hybridized carbons (Fsp3) is 0.333. The Kier molecular flexibility index (Phi) is 4.37. The summed E-state index contributed by atoms with van der Waals surface area (Å²) < 4.78 is 31.3. The SMILES string of the molecule is Cn1c(=O)n(C)c2cc(S(=O)(=O)N3CCNCC3c3cccnc3)ccc21. The molecule has 142 valence electrons. The van der Waals surface area contributed by atoms with Crippen LogP contribution in [0.2, 0.25) is 0 Å². The maximum absolute atomic E-state index is 13.4. The first-order chi connectivity index (χ1) is 12.9. The predicted molar refractivity (Wildman–Crippen MR) is 102 cm³/mol. The van der Waals surface area contributed by atoms with Crippen molar-refractivity contribution in [1.29, 1.82) is 0 Å². The number of nitrogens with one attached hydrogen (secondary N) is 1. The fourth-order valence-electron chi connectivity index (χ4n) is 3.61. The minimum Gasteiger partial charge on any atom is -0.313 e. The normalized spacial score (nSPS) is 18.8. The summed E-state index contributed by atoms with van der Waals surface area (Å²) in [5, 5.41) is 3.25. The van der Waals surface area contributed by atoms with Crippen LogP contribution in [0.4, 0.5) is 0 Å². The third-order valence-electron chi connectivity index (χ3n) is 5.11. The van der Waals surface area contributed by atoms with Gasteiger partial charge in [0.1, 0.15) is 0 Å². The van der Waals surface area contributed by atoms with E-state index in [1.54, 1.807) is 50.8 Å². The lowest BCUT2D eigenvalue weighted by atomic mass is 10.1. The topological polar surface area (TPSA) is 89.2 Å². The van der Waals surface area contributed by atoms with E-state index in [-0.39, 0.29) is 16.6 Å². The van der Waals surface area contributed by atoms with Crippen LogP contribution in [-0.4, -0.2) is 46.5 Å². The lowest BCUT2D eigenvalue weighted by Gasteiger charge is -2.35. The van der Waals surface area contributed by atoms with E-state index in [1.165, 1.54) is 13.4 Å². The van der Waals surface area contributed by atoms with Crippen LogP contribution < -0.4 is 11.0 Å². The Hall–Kier alpha value is -2.49. The van der Waals surface area contributed by atoms with Gasteiger partial charge >= 0.3 is 5.69 Å². The molecule has 1 N–H and O–H groups in total. The highest BCUT2D eigenvalue weighted by Gasteiger charge is 2.34. The van der Waals surface area contributed by atoms with E-state index in [9.17, 15) is 13.2 Å². The second-order valence-corrected chi connectivity index (χ2v) is 8.56. The molecule has 1 fully saturated rings. The number of aryl methyl sites for hydroxylation is 2. The summed E-state index contributed by atoms with van der Waals surface area (Å²) in [4.78, 5) is 16.4. The maximum Gasteiger partial charge on any atom is 0.328 e. The van der Waals surface area contributed by atoms with Gasteiger partial charge in [-0.05, 0) is 29.8 Å². The lowest BCUT2D eigenvalue weighted by molar-refractivity contribution is 0.271. The van der Waals surface area contributed by atoms with E-state index in [0.29, 0.717) is 30.7 Å². The number of piperazine rings is 1. The van der Waals surface area contributed by atoms with E-state index in [0.717, 1.165) is 5.56 Å². The number of hydrogen-bond acceptors (Lipinski definition) is 5. The van der Waals surface area contributed by atoms with Gasteiger partial charge in [0.25, 0.3) is 0 Å². The number of aromatic nitrogens is 3. The average Bonchev–Trinajstić information content (AvgIpc) is 2.92. The molecule has 8 nitrogen and oxygen atoms in total. The first kappa shape index (κ1) is 17.9. The number of benzene rings is 1. The van der Waals surface area contributed by atoms with Gasteiger partial charge in [-0.1, -0.05) is 6.07 Å². The van der Waals surface area contributed by atoms with Crippen molar-refractivity contribution < 1.29 is 8.42 Å². The van der Waals surface area contributed by atoms with Crippen molar-refractivity contribution >= 4 is 21.1 Å². The van der Waals surface area contributed by atoms with Crippen molar-refractivity contribution in [3.05, 3.63) is 58.8 Å². The molecule has 1 saturated heterocycles. The van der Waals surface area contributed by atoms with Gasteiger partial charge in [-0.25, -0.2) is 13.2 Å². The number of pyridine rings is 1. The zero-order valence-corrected chi connectivity index (χ0v) is 16.0. The van der Waals surface area contributed by atoms with Gasteiger partial charge in [-0.3, -0.25) is 14.1 Å². The highest BCUT2D eigenvalue weighted by Crippen LogP contribution is 2.29. The van der Waals surface area contributed by atoms with Crippen LogP contribution in [-0.2, 0) is 24.1 Å². The second-order valence-electron chi connectivity index (χ2n) is 6.67. The first-order valence-electron chi connectivity index (χ1n) is 8.69. The average molecular weight is 387 g/mol. The third-order valence-corrected chi connectivity index (χ3v) is 7.02. The number of hydrogen-bond donors (Lipinski definition) is 1.